The summed E-state index contributed by atoms with van der Waals surface area (Å²) in [6.07, 6.45) is 0.691. The van der Waals surface area contributed by atoms with Crippen LogP contribution in [0.2, 0.25) is 0 Å². The van der Waals surface area contributed by atoms with Crippen LogP contribution < -0.4 is 10.1 Å². The van der Waals surface area contributed by atoms with Crippen LogP contribution >= 0.6 is 15.9 Å². The van der Waals surface area contributed by atoms with Gasteiger partial charge in [0.2, 0.25) is 0 Å². The number of hydrogen-bond donors (Lipinski definition) is 1. The van der Waals surface area contributed by atoms with Crippen LogP contribution in [0.4, 0.5) is 0 Å². The average molecular weight is 392 g/mol. The van der Waals surface area contributed by atoms with E-state index < -0.39 is 5.97 Å². The Balaban J connectivity index is 1.69. The van der Waals surface area contributed by atoms with E-state index in [1.54, 1.807) is 31.4 Å². The molecule has 0 spiro atoms. The molecule has 5 nitrogen and oxygen atoms in total. The Morgan fingerprint density at radius 1 is 1.04 bits per heavy atom. The molecule has 0 radical (unpaired) electrons. The summed E-state index contributed by atoms with van der Waals surface area (Å²) >= 11 is 3.29. The van der Waals surface area contributed by atoms with Crippen LogP contribution in [0, 0.1) is 0 Å². The lowest BCUT2D eigenvalue weighted by molar-refractivity contribution is -0.124. The first-order valence-corrected chi connectivity index (χ1v) is 8.20. The summed E-state index contributed by atoms with van der Waals surface area (Å²) in [5.74, 6) is -0.0515. The van der Waals surface area contributed by atoms with Gasteiger partial charge < -0.3 is 14.8 Å². The lowest BCUT2D eigenvalue weighted by atomic mass is 10.1. The van der Waals surface area contributed by atoms with Gasteiger partial charge in [0.1, 0.15) is 5.75 Å². The first-order chi connectivity index (χ1) is 11.6. The topological polar surface area (TPSA) is 64.6 Å². The molecule has 126 valence electrons. The minimum Gasteiger partial charge on any atom is -0.497 e. The van der Waals surface area contributed by atoms with Gasteiger partial charge in [-0.15, -0.1) is 0 Å². The van der Waals surface area contributed by atoms with Crippen LogP contribution in [0.1, 0.15) is 15.9 Å². The van der Waals surface area contributed by atoms with Crippen molar-refractivity contribution in [1.29, 1.82) is 0 Å². The number of carbonyl (C=O) groups is 2. The van der Waals surface area contributed by atoms with E-state index in [4.69, 9.17) is 9.47 Å². The third-order valence-corrected chi connectivity index (χ3v) is 3.84. The molecule has 0 fully saturated rings. The van der Waals surface area contributed by atoms with Gasteiger partial charge in [-0.3, -0.25) is 4.79 Å². The number of methoxy groups -OCH3 is 1. The third-order valence-electron chi connectivity index (χ3n) is 3.31. The molecule has 0 saturated carbocycles. The Labute approximate surface area is 149 Å². The fraction of sp³-hybridized carbons (Fsp3) is 0.222. The van der Waals surface area contributed by atoms with Gasteiger partial charge in [-0.05, 0) is 48.4 Å². The van der Waals surface area contributed by atoms with Gasteiger partial charge in [0.05, 0.1) is 12.7 Å². The van der Waals surface area contributed by atoms with Gasteiger partial charge in [-0.25, -0.2) is 4.79 Å². The highest BCUT2D eigenvalue weighted by Crippen LogP contribution is 2.12. The number of ether oxygens (including phenoxy) is 2. The molecular weight excluding hydrogens is 374 g/mol. The molecule has 0 heterocycles. The zero-order chi connectivity index (χ0) is 17.4. The highest BCUT2D eigenvalue weighted by Gasteiger charge is 2.09. The highest BCUT2D eigenvalue weighted by atomic mass is 79.9. The molecule has 0 unspecified atom stereocenters. The summed E-state index contributed by atoms with van der Waals surface area (Å²) in [6.45, 7) is 0.179. The minimum atomic E-state index is -0.521. The molecule has 0 aliphatic carbocycles. The molecule has 0 aromatic heterocycles. The van der Waals surface area contributed by atoms with Crippen LogP contribution in [0.25, 0.3) is 0 Å². The summed E-state index contributed by atoms with van der Waals surface area (Å²) in [4.78, 5) is 23.5. The summed E-state index contributed by atoms with van der Waals surface area (Å²) in [6, 6.07) is 14.4. The van der Waals surface area contributed by atoms with Crippen LogP contribution in [0.15, 0.2) is 53.0 Å². The Bertz CT molecular complexity index is 683. The number of benzene rings is 2. The van der Waals surface area contributed by atoms with Gasteiger partial charge in [0.25, 0.3) is 5.91 Å². The Morgan fingerprint density at radius 3 is 2.33 bits per heavy atom. The molecule has 24 heavy (non-hydrogen) atoms. The standard InChI is InChI=1S/C18H18BrNO4/c1-23-16-8-2-13(3-9-16)10-11-20-17(21)12-24-18(22)14-4-6-15(19)7-5-14/h2-9H,10-12H2,1H3,(H,20,21). The Kier molecular flexibility index (Phi) is 6.81. The van der Waals surface area contributed by atoms with Gasteiger partial charge >= 0.3 is 5.97 Å². The molecule has 2 aromatic carbocycles. The zero-order valence-corrected chi connectivity index (χ0v) is 14.8. The molecule has 2 rings (SSSR count). The van der Waals surface area contributed by atoms with E-state index in [-0.39, 0.29) is 12.5 Å². The monoisotopic (exact) mass is 391 g/mol. The molecule has 1 N–H and O–H groups in total. The van der Waals surface area contributed by atoms with E-state index in [9.17, 15) is 9.59 Å². The maximum Gasteiger partial charge on any atom is 0.338 e. The number of halogens is 1. The van der Waals surface area contributed by atoms with Gasteiger partial charge in [-0.2, -0.15) is 0 Å². The van der Waals surface area contributed by atoms with Crippen LogP contribution in [-0.2, 0) is 16.0 Å². The number of nitrogens with one attached hydrogen (secondary N) is 1. The zero-order valence-electron chi connectivity index (χ0n) is 13.3. The number of carbonyl (C=O) groups excluding carboxylic acids is 2. The van der Waals surface area contributed by atoms with Crippen LogP contribution in [-0.4, -0.2) is 32.1 Å². The van der Waals surface area contributed by atoms with E-state index >= 15 is 0 Å². The quantitative estimate of drug-likeness (QED) is 0.736. The number of hydrogen-bond acceptors (Lipinski definition) is 4. The molecule has 6 heteroatoms. The van der Waals surface area contributed by atoms with Crippen molar-refractivity contribution in [2.75, 3.05) is 20.3 Å². The van der Waals surface area contributed by atoms with Crippen LogP contribution in [0.5, 0.6) is 5.75 Å². The van der Waals surface area contributed by atoms with Gasteiger partial charge in [0, 0.05) is 11.0 Å². The Morgan fingerprint density at radius 2 is 1.71 bits per heavy atom. The summed E-state index contributed by atoms with van der Waals surface area (Å²) < 4.78 is 10.9. The van der Waals surface area contributed by atoms with Crippen molar-refractivity contribution in [2.45, 2.75) is 6.42 Å². The maximum absolute atomic E-state index is 11.8. The predicted molar refractivity (Wildman–Crippen MR) is 94.1 cm³/mol. The molecular formula is C18H18BrNO4. The van der Waals surface area contributed by atoms with E-state index in [1.165, 1.54) is 0 Å². The van der Waals surface area contributed by atoms with Crippen molar-refractivity contribution in [3.63, 3.8) is 0 Å². The predicted octanol–water partition coefficient (Wildman–Crippen LogP) is 2.97. The van der Waals surface area contributed by atoms with E-state index in [1.807, 2.05) is 24.3 Å². The smallest absolute Gasteiger partial charge is 0.338 e. The fourth-order valence-electron chi connectivity index (χ4n) is 1.99. The first kappa shape index (κ1) is 18.0. The number of amides is 1. The van der Waals surface area contributed by atoms with Crippen molar-refractivity contribution < 1.29 is 19.1 Å². The van der Waals surface area contributed by atoms with Crippen LogP contribution in [0.3, 0.4) is 0 Å². The third kappa shape index (κ3) is 5.70. The lowest BCUT2D eigenvalue weighted by Crippen LogP contribution is -2.30. The second-order valence-electron chi connectivity index (χ2n) is 5.03. The van der Waals surface area contributed by atoms with Crippen molar-refractivity contribution >= 4 is 27.8 Å². The summed E-state index contributed by atoms with van der Waals surface area (Å²) in [5.41, 5.74) is 1.49. The lowest BCUT2D eigenvalue weighted by Gasteiger charge is -2.07. The molecule has 0 aliphatic heterocycles. The SMILES string of the molecule is COc1ccc(CCNC(=O)COC(=O)c2ccc(Br)cc2)cc1. The maximum atomic E-state index is 11.8. The van der Waals surface area contributed by atoms with E-state index in [2.05, 4.69) is 21.2 Å². The molecule has 2 aromatic rings. The molecule has 0 saturated heterocycles. The average Bonchev–Trinajstić information content (AvgIpc) is 2.61. The van der Waals surface area contributed by atoms with Gasteiger partial charge in [0.15, 0.2) is 6.61 Å². The second kappa shape index (κ2) is 9.08. The Hall–Kier alpha value is -2.34. The van der Waals surface area contributed by atoms with Crippen molar-refractivity contribution in [3.05, 3.63) is 64.1 Å². The van der Waals surface area contributed by atoms with E-state index in [0.717, 1.165) is 15.8 Å². The number of esters is 1. The fourth-order valence-corrected chi connectivity index (χ4v) is 2.25. The normalized spacial score (nSPS) is 10.1. The number of rotatable bonds is 7. The summed E-state index contributed by atoms with van der Waals surface area (Å²) in [5, 5.41) is 2.72. The molecule has 0 atom stereocenters. The second-order valence-corrected chi connectivity index (χ2v) is 5.95. The molecule has 0 aliphatic rings. The molecule has 1 amide bonds. The highest BCUT2D eigenvalue weighted by molar-refractivity contribution is 9.10. The van der Waals surface area contributed by atoms with Crippen molar-refractivity contribution in [2.24, 2.45) is 0 Å². The van der Waals surface area contributed by atoms with Crippen molar-refractivity contribution in [1.82, 2.24) is 5.32 Å². The van der Waals surface area contributed by atoms with Gasteiger partial charge in [-0.1, -0.05) is 28.1 Å². The summed E-state index contributed by atoms with van der Waals surface area (Å²) in [7, 11) is 1.62. The van der Waals surface area contributed by atoms with Crippen molar-refractivity contribution in [3.8, 4) is 5.75 Å². The van der Waals surface area contributed by atoms with E-state index in [0.29, 0.717) is 18.5 Å². The largest absolute Gasteiger partial charge is 0.497 e. The first-order valence-electron chi connectivity index (χ1n) is 7.41. The minimum absolute atomic E-state index is 0.294. The molecule has 0 bridgehead atoms.